The number of alkyl halides is 1. The first kappa shape index (κ1) is 11.4. The molecule has 0 aliphatic carbocycles. The van der Waals surface area contributed by atoms with Crippen molar-refractivity contribution >= 4 is 50.0 Å². The lowest BCUT2D eigenvalue weighted by molar-refractivity contribution is -0.113. The number of benzene rings is 1. The van der Waals surface area contributed by atoms with Gasteiger partial charge in [0, 0.05) is 7.05 Å². The number of carbonyl (C=O) groups excluding carboxylic acids is 1. The van der Waals surface area contributed by atoms with Gasteiger partial charge >= 0.3 is 0 Å². The van der Waals surface area contributed by atoms with Gasteiger partial charge in [-0.2, -0.15) is 5.10 Å². The van der Waals surface area contributed by atoms with Crippen molar-refractivity contribution in [2.24, 2.45) is 7.05 Å². The molecule has 2 aromatic rings. The predicted octanol–water partition coefficient (Wildman–Crippen LogP) is 2.51. The Bertz CT molecular complexity index is 552. The van der Waals surface area contributed by atoms with Crippen LogP contribution in [0.3, 0.4) is 0 Å². The topological polar surface area (TPSA) is 46.9 Å². The molecule has 0 saturated heterocycles. The maximum absolute atomic E-state index is 11.3. The quantitative estimate of drug-likeness (QED) is 0.867. The largest absolute Gasteiger partial charge is 0.324 e. The third kappa shape index (κ3) is 1.92. The Balaban J connectivity index is 2.57. The molecular formula is C10H9BrClN3O. The second-order valence-corrected chi connectivity index (χ2v) is 4.31. The summed E-state index contributed by atoms with van der Waals surface area (Å²) in [5, 5.41) is 7.85. The van der Waals surface area contributed by atoms with Crippen LogP contribution in [-0.4, -0.2) is 21.6 Å². The van der Waals surface area contributed by atoms with E-state index in [1.54, 1.807) is 4.68 Å². The van der Waals surface area contributed by atoms with Gasteiger partial charge in [0.15, 0.2) is 0 Å². The fourth-order valence-electron chi connectivity index (χ4n) is 1.55. The van der Waals surface area contributed by atoms with Crippen LogP contribution < -0.4 is 5.32 Å². The molecule has 1 aromatic heterocycles. The molecule has 1 amide bonds. The highest BCUT2D eigenvalue weighted by Crippen LogP contribution is 2.29. The summed E-state index contributed by atoms with van der Waals surface area (Å²) >= 11 is 8.82. The third-order valence-electron chi connectivity index (χ3n) is 2.23. The summed E-state index contributed by atoms with van der Waals surface area (Å²) in [6.45, 7) is 0. The normalized spacial score (nSPS) is 10.7. The van der Waals surface area contributed by atoms with Gasteiger partial charge < -0.3 is 5.32 Å². The number of aryl methyl sites for hydroxylation is 1. The number of fused-ring (bicyclic) bond motifs is 1. The Morgan fingerprint density at radius 2 is 2.38 bits per heavy atom. The summed E-state index contributed by atoms with van der Waals surface area (Å²) in [6, 6.07) is 5.61. The lowest BCUT2D eigenvalue weighted by Gasteiger charge is -2.04. The molecule has 84 valence electrons. The lowest BCUT2D eigenvalue weighted by atomic mass is 10.2. The van der Waals surface area contributed by atoms with Crippen molar-refractivity contribution in [2.75, 3.05) is 11.2 Å². The van der Waals surface area contributed by atoms with Gasteiger partial charge in [0.1, 0.15) is 10.5 Å². The second-order valence-electron chi connectivity index (χ2n) is 3.30. The number of carbonyl (C=O) groups is 1. The predicted molar refractivity (Wildman–Crippen MR) is 67.8 cm³/mol. The molecule has 0 spiro atoms. The average Bonchev–Trinajstić information content (AvgIpc) is 2.56. The van der Waals surface area contributed by atoms with Crippen molar-refractivity contribution in [1.29, 1.82) is 0 Å². The zero-order valence-electron chi connectivity index (χ0n) is 8.50. The van der Waals surface area contributed by atoms with Gasteiger partial charge in [0.25, 0.3) is 0 Å². The van der Waals surface area contributed by atoms with Crippen LogP contribution in [0.15, 0.2) is 22.8 Å². The fraction of sp³-hybridized carbons (Fsp3) is 0.200. The SMILES string of the molecule is Cn1nc(Br)c2c(NC(=O)CCl)cccc21. The molecule has 0 atom stereocenters. The molecule has 16 heavy (non-hydrogen) atoms. The minimum atomic E-state index is -0.232. The van der Waals surface area contributed by atoms with Crippen LogP contribution in [0.1, 0.15) is 0 Å². The summed E-state index contributed by atoms with van der Waals surface area (Å²) in [6.07, 6.45) is 0. The van der Waals surface area contributed by atoms with Crippen LogP contribution in [-0.2, 0) is 11.8 Å². The van der Waals surface area contributed by atoms with E-state index >= 15 is 0 Å². The zero-order chi connectivity index (χ0) is 11.7. The molecule has 1 aromatic carbocycles. The van der Waals surface area contributed by atoms with E-state index in [0.29, 0.717) is 10.3 Å². The van der Waals surface area contributed by atoms with Crippen LogP contribution in [0, 0.1) is 0 Å². The Kier molecular flexibility index (Phi) is 3.16. The average molecular weight is 303 g/mol. The molecule has 6 heteroatoms. The number of nitrogens with zero attached hydrogens (tertiary/aromatic N) is 2. The third-order valence-corrected chi connectivity index (χ3v) is 3.03. The van der Waals surface area contributed by atoms with Crippen molar-refractivity contribution in [2.45, 2.75) is 0 Å². The minimum Gasteiger partial charge on any atom is -0.324 e. The van der Waals surface area contributed by atoms with Crippen LogP contribution in [0.2, 0.25) is 0 Å². The van der Waals surface area contributed by atoms with Gasteiger partial charge in [-0.15, -0.1) is 11.6 Å². The second kappa shape index (κ2) is 4.43. The Hall–Kier alpha value is -1.07. The van der Waals surface area contributed by atoms with Crippen LogP contribution in [0.25, 0.3) is 10.9 Å². The molecule has 0 fully saturated rings. The van der Waals surface area contributed by atoms with Gasteiger partial charge in [0.2, 0.25) is 5.91 Å². The number of hydrogen-bond acceptors (Lipinski definition) is 2. The smallest absolute Gasteiger partial charge is 0.239 e. The number of anilines is 1. The lowest BCUT2D eigenvalue weighted by Crippen LogP contribution is -2.12. The first-order valence-corrected chi connectivity index (χ1v) is 5.93. The molecule has 0 aliphatic rings. The van der Waals surface area contributed by atoms with E-state index in [1.165, 1.54) is 0 Å². The minimum absolute atomic E-state index is 0.0612. The molecule has 2 rings (SSSR count). The van der Waals surface area contributed by atoms with Gasteiger partial charge in [-0.05, 0) is 28.1 Å². The maximum atomic E-state index is 11.3. The van der Waals surface area contributed by atoms with E-state index in [2.05, 4.69) is 26.3 Å². The summed E-state index contributed by atoms with van der Waals surface area (Å²) in [7, 11) is 1.85. The fourth-order valence-corrected chi connectivity index (χ4v) is 2.27. The van der Waals surface area contributed by atoms with E-state index < -0.39 is 0 Å². The number of rotatable bonds is 2. The summed E-state index contributed by atoms with van der Waals surface area (Å²) in [5.74, 6) is -0.293. The highest BCUT2D eigenvalue weighted by molar-refractivity contribution is 9.10. The van der Waals surface area contributed by atoms with Gasteiger partial charge in [-0.3, -0.25) is 9.48 Å². The molecule has 4 nitrogen and oxygen atoms in total. The zero-order valence-corrected chi connectivity index (χ0v) is 10.8. The number of amides is 1. The summed E-state index contributed by atoms with van der Waals surface area (Å²) in [5.41, 5.74) is 1.65. The molecule has 0 radical (unpaired) electrons. The number of halogens is 2. The van der Waals surface area contributed by atoms with Crippen LogP contribution >= 0.6 is 27.5 Å². The van der Waals surface area contributed by atoms with Crippen molar-refractivity contribution in [1.82, 2.24) is 9.78 Å². The van der Waals surface area contributed by atoms with Crippen LogP contribution in [0.5, 0.6) is 0 Å². The standard InChI is InChI=1S/C10H9BrClN3O/c1-15-7-4-2-3-6(13-8(16)5-12)9(7)10(11)14-15/h2-4H,5H2,1H3,(H,13,16). The monoisotopic (exact) mass is 301 g/mol. The van der Waals surface area contributed by atoms with E-state index in [-0.39, 0.29) is 11.8 Å². The number of aromatic nitrogens is 2. The van der Waals surface area contributed by atoms with E-state index in [0.717, 1.165) is 10.9 Å². The van der Waals surface area contributed by atoms with Gasteiger partial charge in [-0.1, -0.05) is 6.07 Å². The summed E-state index contributed by atoms with van der Waals surface area (Å²) < 4.78 is 2.45. The molecule has 0 unspecified atom stereocenters. The molecule has 0 bridgehead atoms. The maximum Gasteiger partial charge on any atom is 0.239 e. The Morgan fingerprint density at radius 1 is 1.62 bits per heavy atom. The van der Waals surface area contributed by atoms with Crippen molar-refractivity contribution in [3.8, 4) is 0 Å². The number of nitrogens with one attached hydrogen (secondary N) is 1. The van der Waals surface area contributed by atoms with Gasteiger partial charge in [-0.25, -0.2) is 0 Å². The van der Waals surface area contributed by atoms with E-state index in [9.17, 15) is 4.79 Å². The Labute approximate surface area is 106 Å². The molecule has 0 saturated carbocycles. The van der Waals surface area contributed by atoms with Crippen LogP contribution in [0.4, 0.5) is 5.69 Å². The first-order chi connectivity index (χ1) is 7.63. The molecular weight excluding hydrogens is 293 g/mol. The van der Waals surface area contributed by atoms with Crippen molar-refractivity contribution in [3.63, 3.8) is 0 Å². The van der Waals surface area contributed by atoms with E-state index in [4.69, 9.17) is 11.6 Å². The first-order valence-electron chi connectivity index (χ1n) is 4.60. The van der Waals surface area contributed by atoms with E-state index in [1.807, 2.05) is 25.2 Å². The van der Waals surface area contributed by atoms with Crippen molar-refractivity contribution < 1.29 is 4.79 Å². The van der Waals surface area contributed by atoms with Gasteiger partial charge in [0.05, 0.1) is 16.6 Å². The molecule has 0 aliphatic heterocycles. The molecule has 1 heterocycles. The molecule has 1 N–H and O–H groups in total. The number of hydrogen-bond donors (Lipinski definition) is 1. The summed E-state index contributed by atoms with van der Waals surface area (Å²) in [4.78, 5) is 11.3. The highest BCUT2D eigenvalue weighted by atomic mass is 79.9. The van der Waals surface area contributed by atoms with Crippen molar-refractivity contribution in [3.05, 3.63) is 22.8 Å². The Morgan fingerprint density at radius 3 is 3.06 bits per heavy atom. The highest BCUT2D eigenvalue weighted by Gasteiger charge is 2.11.